The van der Waals surface area contributed by atoms with Crippen molar-refractivity contribution in [2.45, 2.75) is 58.7 Å². The number of nitrogens with two attached hydrogens (primary N) is 1. The number of likely N-dealkylation sites (tertiary alicyclic amines) is 1. The summed E-state index contributed by atoms with van der Waals surface area (Å²) >= 11 is 0. The first-order valence-corrected chi connectivity index (χ1v) is 8.23. The summed E-state index contributed by atoms with van der Waals surface area (Å²) in [6, 6.07) is 9.63. The van der Waals surface area contributed by atoms with Crippen LogP contribution in [0.1, 0.15) is 52.1 Å². The standard InChI is InChI=1S/C18H30N2O/c1-13(2)21-18-9-7-17(8-10-18)15(4)20-12-16(11-19)6-5-14(20)3/h7-10,13-16H,5-6,11-12,19H2,1-4H3. The van der Waals surface area contributed by atoms with Crippen LogP contribution in [0.25, 0.3) is 0 Å². The maximum Gasteiger partial charge on any atom is 0.119 e. The van der Waals surface area contributed by atoms with E-state index in [2.05, 4.69) is 56.9 Å². The van der Waals surface area contributed by atoms with E-state index in [0.29, 0.717) is 18.0 Å². The van der Waals surface area contributed by atoms with Crippen LogP contribution in [0.2, 0.25) is 0 Å². The van der Waals surface area contributed by atoms with E-state index in [1.807, 2.05) is 0 Å². The molecule has 0 amide bonds. The molecule has 21 heavy (non-hydrogen) atoms. The van der Waals surface area contributed by atoms with E-state index in [0.717, 1.165) is 18.8 Å². The largest absolute Gasteiger partial charge is 0.491 e. The molecule has 2 rings (SSSR count). The van der Waals surface area contributed by atoms with Crippen molar-refractivity contribution in [2.24, 2.45) is 11.7 Å². The maximum absolute atomic E-state index is 5.87. The van der Waals surface area contributed by atoms with E-state index < -0.39 is 0 Å². The molecule has 3 unspecified atom stereocenters. The van der Waals surface area contributed by atoms with Crippen molar-refractivity contribution in [3.05, 3.63) is 29.8 Å². The van der Waals surface area contributed by atoms with Crippen LogP contribution < -0.4 is 10.5 Å². The number of piperidine rings is 1. The lowest BCUT2D eigenvalue weighted by Crippen LogP contribution is -2.44. The van der Waals surface area contributed by atoms with Gasteiger partial charge in [0.05, 0.1) is 6.10 Å². The van der Waals surface area contributed by atoms with Crippen LogP contribution in [0.15, 0.2) is 24.3 Å². The zero-order chi connectivity index (χ0) is 15.4. The number of hydrogen-bond acceptors (Lipinski definition) is 3. The minimum Gasteiger partial charge on any atom is -0.491 e. The van der Waals surface area contributed by atoms with Gasteiger partial charge in [0, 0.05) is 18.6 Å². The van der Waals surface area contributed by atoms with Gasteiger partial charge in [0.2, 0.25) is 0 Å². The third-order valence-electron chi connectivity index (χ3n) is 4.59. The number of benzene rings is 1. The van der Waals surface area contributed by atoms with E-state index in [-0.39, 0.29) is 6.10 Å². The lowest BCUT2D eigenvalue weighted by molar-refractivity contribution is 0.0812. The summed E-state index contributed by atoms with van der Waals surface area (Å²) in [7, 11) is 0. The Bertz CT molecular complexity index is 429. The first-order valence-electron chi connectivity index (χ1n) is 8.23. The second-order valence-electron chi connectivity index (χ2n) is 6.64. The number of ether oxygens (including phenoxy) is 1. The van der Waals surface area contributed by atoms with Crippen LogP contribution >= 0.6 is 0 Å². The maximum atomic E-state index is 5.87. The van der Waals surface area contributed by atoms with E-state index in [9.17, 15) is 0 Å². The molecule has 0 spiro atoms. The Labute approximate surface area is 129 Å². The van der Waals surface area contributed by atoms with E-state index in [1.165, 1.54) is 18.4 Å². The zero-order valence-electron chi connectivity index (χ0n) is 13.9. The quantitative estimate of drug-likeness (QED) is 0.900. The van der Waals surface area contributed by atoms with Crippen LogP contribution in [0.3, 0.4) is 0 Å². The van der Waals surface area contributed by atoms with E-state index in [1.54, 1.807) is 0 Å². The Balaban J connectivity index is 2.05. The molecule has 118 valence electrons. The smallest absolute Gasteiger partial charge is 0.119 e. The highest BCUT2D eigenvalue weighted by Crippen LogP contribution is 2.31. The molecule has 1 fully saturated rings. The number of nitrogens with zero attached hydrogens (tertiary/aromatic N) is 1. The molecule has 0 aliphatic carbocycles. The summed E-state index contributed by atoms with van der Waals surface area (Å²) in [4.78, 5) is 2.60. The molecule has 1 saturated heterocycles. The third-order valence-corrected chi connectivity index (χ3v) is 4.59. The first-order chi connectivity index (χ1) is 10.0. The zero-order valence-corrected chi connectivity index (χ0v) is 13.9. The van der Waals surface area contributed by atoms with Gasteiger partial charge < -0.3 is 10.5 Å². The molecule has 0 aromatic heterocycles. The summed E-state index contributed by atoms with van der Waals surface area (Å²) in [5.74, 6) is 1.60. The average molecular weight is 290 g/mol. The number of rotatable bonds is 5. The van der Waals surface area contributed by atoms with Gasteiger partial charge in [-0.25, -0.2) is 0 Å². The Kier molecular flexibility index (Phi) is 5.65. The minimum atomic E-state index is 0.223. The highest BCUT2D eigenvalue weighted by Gasteiger charge is 2.28. The summed E-state index contributed by atoms with van der Waals surface area (Å²) < 4.78 is 5.72. The van der Waals surface area contributed by atoms with Crippen molar-refractivity contribution in [1.29, 1.82) is 0 Å². The predicted octanol–water partition coefficient (Wildman–Crippen LogP) is 3.59. The van der Waals surface area contributed by atoms with Gasteiger partial charge in [-0.1, -0.05) is 12.1 Å². The van der Waals surface area contributed by atoms with Gasteiger partial charge >= 0.3 is 0 Å². The molecule has 1 aromatic carbocycles. The van der Waals surface area contributed by atoms with Crippen LogP contribution in [0.5, 0.6) is 5.75 Å². The monoisotopic (exact) mass is 290 g/mol. The molecule has 0 bridgehead atoms. The van der Waals surface area contributed by atoms with Crippen LogP contribution in [0.4, 0.5) is 0 Å². The predicted molar refractivity (Wildman–Crippen MR) is 88.6 cm³/mol. The fourth-order valence-electron chi connectivity index (χ4n) is 3.23. The van der Waals surface area contributed by atoms with Crippen LogP contribution in [0, 0.1) is 5.92 Å². The van der Waals surface area contributed by atoms with Gasteiger partial charge in [-0.15, -0.1) is 0 Å². The average Bonchev–Trinajstić information content (AvgIpc) is 2.47. The van der Waals surface area contributed by atoms with Crippen molar-refractivity contribution in [1.82, 2.24) is 4.90 Å². The van der Waals surface area contributed by atoms with Crippen molar-refractivity contribution in [3.8, 4) is 5.75 Å². The van der Waals surface area contributed by atoms with Gasteiger partial charge in [-0.3, -0.25) is 4.90 Å². The van der Waals surface area contributed by atoms with Gasteiger partial charge in [-0.05, 0) is 70.7 Å². The Morgan fingerprint density at radius 3 is 2.43 bits per heavy atom. The van der Waals surface area contributed by atoms with Crippen molar-refractivity contribution < 1.29 is 4.74 Å². The molecule has 3 atom stereocenters. The molecular formula is C18H30N2O. The van der Waals surface area contributed by atoms with Crippen molar-refractivity contribution in [3.63, 3.8) is 0 Å². The minimum absolute atomic E-state index is 0.223. The van der Waals surface area contributed by atoms with E-state index in [4.69, 9.17) is 10.5 Å². The molecular weight excluding hydrogens is 260 g/mol. The van der Waals surface area contributed by atoms with Gasteiger partial charge in [0.25, 0.3) is 0 Å². The Hall–Kier alpha value is -1.06. The lowest BCUT2D eigenvalue weighted by atomic mass is 9.91. The Morgan fingerprint density at radius 1 is 1.19 bits per heavy atom. The van der Waals surface area contributed by atoms with Gasteiger partial charge in [0.1, 0.15) is 5.75 Å². The van der Waals surface area contributed by atoms with Crippen molar-refractivity contribution in [2.75, 3.05) is 13.1 Å². The summed E-state index contributed by atoms with van der Waals surface area (Å²) in [5.41, 5.74) is 7.23. The first kappa shape index (κ1) is 16.3. The molecule has 0 saturated carbocycles. The number of hydrogen-bond donors (Lipinski definition) is 1. The lowest BCUT2D eigenvalue weighted by Gasteiger charge is -2.41. The fourth-order valence-corrected chi connectivity index (χ4v) is 3.23. The summed E-state index contributed by atoms with van der Waals surface area (Å²) in [6.07, 6.45) is 2.74. The van der Waals surface area contributed by atoms with Crippen LogP contribution in [-0.4, -0.2) is 30.1 Å². The van der Waals surface area contributed by atoms with Crippen LogP contribution in [-0.2, 0) is 0 Å². The van der Waals surface area contributed by atoms with Crippen molar-refractivity contribution >= 4 is 0 Å². The SMILES string of the molecule is CC(C)Oc1ccc(C(C)N2CC(CN)CCC2C)cc1. The molecule has 1 aliphatic heterocycles. The Morgan fingerprint density at radius 2 is 1.86 bits per heavy atom. The molecule has 3 nitrogen and oxygen atoms in total. The second-order valence-corrected chi connectivity index (χ2v) is 6.64. The highest BCUT2D eigenvalue weighted by molar-refractivity contribution is 5.29. The molecule has 0 radical (unpaired) electrons. The molecule has 3 heteroatoms. The summed E-state index contributed by atoms with van der Waals surface area (Å²) in [6.45, 7) is 10.7. The third kappa shape index (κ3) is 4.21. The van der Waals surface area contributed by atoms with E-state index >= 15 is 0 Å². The highest BCUT2D eigenvalue weighted by atomic mass is 16.5. The summed E-state index contributed by atoms with van der Waals surface area (Å²) in [5, 5.41) is 0. The molecule has 2 N–H and O–H groups in total. The van der Waals surface area contributed by atoms with Gasteiger partial charge in [-0.2, -0.15) is 0 Å². The molecule has 1 aliphatic rings. The topological polar surface area (TPSA) is 38.5 Å². The fraction of sp³-hybridized carbons (Fsp3) is 0.667. The molecule has 1 heterocycles. The normalized spacial score (nSPS) is 25.0. The second kappa shape index (κ2) is 7.28. The van der Waals surface area contributed by atoms with Gasteiger partial charge in [0.15, 0.2) is 0 Å². The molecule has 1 aromatic rings.